The molecule has 1 fully saturated rings. The van der Waals surface area contributed by atoms with Gasteiger partial charge in [-0.2, -0.15) is 0 Å². The lowest BCUT2D eigenvalue weighted by atomic mass is 9.93. The molecule has 1 aliphatic carbocycles. The van der Waals surface area contributed by atoms with Crippen LogP contribution in [0.1, 0.15) is 28.7 Å². The van der Waals surface area contributed by atoms with Crippen molar-refractivity contribution in [1.82, 2.24) is 9.80 Å². The van der Waals surface area contributed by atoms with E-state index in [1.54, 1.807) is 0 Å². The molecular formula is C23H28N2. The van der Waals surface area contributed by atoms with Gasteiger partial charge in [0.05, 0.1) is 0 Å². The van der Waals surface area contributed by atoms with Crippen LogP contribution in [0.5, 0.6) is 0 Å². The van der Waals surface area contributed by atoms with Crippen molar-refractivity contribution in [2.75, 3.05) is 39.8 Å². The molecule has 0 radical (unpaired) electrons. The fourth-order valence-electron chi connectivity index (χ4n) is 4.10. The van der Waals surface area contributed by atoms with Gasteiger partial charge in [0.1, 0.15) is 0 Å². The first-order valence-electron chi connectivity index (χ1n) is 9.59. The van der Waals surface area contributed by atoms with Crippen molar-refractivity contribution >= 4 is 5.57 Å². The summed E-state index contributed by atoms with van der Waals surface area (Å²) in [6.45, 7) is 5.96. The Bertz CT molecular complexity index is 705. The van der Waals surface area contributed by atoms with Crippen molar-refractivity contribution in [1.29, 1.82) is 0 Å². The second-order valence-corrected chi connectivity index (χ2v) is 7.37. The predicted molar refractivity (Wildman–Crippen MR) is 106 cm³/mol. The molecule has 0 bridgehead atoms. The minimum absolute atomic E-state index is 1.13. The fourth-order valence-corrected chi connectivity index (χ4v) is 4.10. The Hall–Kier alpha value is -1.90. The third kappa shape index (κ3) is 3.70. The molecule has 0 aromatic heterocycles. The number of aryl methyl sites for hydroxylation is 2. The second-order valence-electron chi connectivity index (χ2n) is 7.37. The van der Waals surface area contributed by atoms with Gasteiger partial charge in [-0.1, -0.05) is 54.6 Å². The van der Waals surface area contributed by atoms with Crippen LogP contribution in [0.3, 0.4) is 0 Å². The molecule has 2 aliphatic rings. The molecule has 2 heteroatoms. The van der Waals surface area contributed by atoms with Crippen LogP contribution >= 0.6 is 0 Å². The number of fused-ring (bicyclic) bond motifs is 2. The minimum atomic E-state index is 1.13. The monoisotopic (exact) mass is 332 g/mol. The molecule has 0 unspecified atom stereocenters. The molecular weight excluding hydrogens is 304 g/mol. The normalized spacial score (nSPS) is 18.4. The summed E-state index contributed by atoms with van der Waals surface area (Å²) >= 11 is 0. The van der Waals surface area contributed by atoms with E-state index in [2.05, 4.69) is 71.5 Å². The summed E-state index contributed by atoms with van der Waals surface area (Å²) in [5.41, 5.74) is 7.29. The van der Waals surface area contributed by atoms with E-state index in [9.17, 15) is 0 Å². The number of hydrogen-bond donors (Lipinski definition) is 0. The highest BCUT2D eigenvalue weighted by Crippen LogP contribution is 2.33. The second kappa shape index (κ2) is 7.55. The summed E-state index contributed by atoms with van der Waals surface area (Å²) in [5.74, 6) is 0. The zero-order valence-corrected chi connectivity index (χ0v) is 15.2. The van der Waals surface area contributed by atoms with E-state index >= 15 is 0 Å². The lowest BCUT2D eigenvalue weighted by molar-refractivity contribution is 0.156. The van der Waals surface area contributed by atoms with Crippen LogP contribution in [0.4, 0.5) is 0 Å². The van der Waals surface area contributed by atoms with Gasteiger partial charge in [-0.3, -0.25) is 0 Å². The Kier molecular flexibility index (Phi) is 5.00. The largest absolute Gasteiger partial charge is 0.304 e. The van der Waals surface area contributed by atoms with Gasteiger partial charge in [0, 0.05) is 32.7 Å². The molecule has 1 heterocycles. The Morgan fingerprint density at radius 1 is 0.800 bits per heavy atom. The molecule has 2 aromatic carbocycles. The lowest BCUT2D eigenvalue weighted by Crippen LogP contribution is -2.44. The molecule has 2 aromatic rings. The van der Waals surface area contributed by atoms with E-state index in [-0.39, 0.29) is 0 Å². The molecule has 130 valence electrons. The molecule has 1 saturated heterocycles. The van der Waals surface area contributed by atoms with Crippen LogP contribution in [0.2, 0.25) is 0 Å². The van der Waals surface area contributed by atoms with Crippen molar-refractivity contribution < 1.29 is 0 Å². The lowest BCUT2D eigenvalue weighted by Gasteiger charge is -2.32. The highest BCUT2D eigenvalue weighted by Gasteiger charge is 2.17. The van der Waals surface area contributed by atoms with Crippen LogP contribution < -0.4 is 0 Å². The maximum Gasteiger partial charge on any atom is 0.0110 e. The van der Waals surface area contributed by atoms with Gasteiger partial charge in [0.25, 0.3) is 0 Å². The van der Waals surface area contributed by atoms with Crippen molar-refractivity contribution in [3.05, 3.63) is 76.9 Å². The topological polar surface area (TPSA) is 6.48 Å². The number of piperazine rings is 1. The summed E-state index contributed by atoms with van der Waals surface area (Å²) in [6.07, 6.45) is 5.90. The Labute approximate surface area is 151 Å². The highest BCUT2D eigenvalue weighted by molar-refractivity contribution is 5.83. The number of nitrogens with zero attached hydrogens (tertiary/aromatic N) is 2. The molecule has 1 aliphatic heterocycles. The van der Waals surface area contributed by atoms with Crippen LogP contribution in [0.25, 0.3) is 5.57 Å². The van der Waals surface area contributed by atoms with E-state index in [1.807, 2.05) is 0 Å². The maximum atomic E-state index is 2.60. The Balaban J connectivity index is 1.59. The number of benzene rings is 2. The molecule has 0 amide bonds. The van der Waals surface area contributed by atoms with E-state index < -0.39 is 0 Å². The van der Waals surface area contributed by atoms with Crippen molar-refractivity contribution in [2.24, 2.45) is 0 Å². The summed E-state index contributed by atoms with van der Waals surface area (Å²) in [4.78, 5) is 5.03. The smallest absolute Gasteiger partial charge is 0.0110 e. The summed E-state index contributed by atoms with van der Waals surface area (Å²) < 4.78 is 0. The van der Waals surface area contributed by atoms with Gasteiger partial charge in [0.15, 0.2) is 0 Å². The number of likely N-dealkylation sites (N-methyl/N-ethyl adjacent to an activating group) is 1. The summed E-state index contributed by atoms with van der Waals surface area (Å²) in [5, 5.41) is 0. The van der Waals surface area contributed by atoms with Crippen LogP contribution in [-0.2, 0) is 12.8 Å². The molecule has 2 nitrogen and oxygen atoms in total. The molecule has 0 saturated carbocycles. The minimum Gasteiger partial charge on any atom is -0.304 e. The quantitative estimate of drug-likeness (QED) is 0.842. The first-order chi connectivity index (χ1) is 12.3. The van der Waals surface area contributed by atoms with Gasteiger partial charge in [-0.15, -0.1) is 0 Å². The summed E-state index contributed by atoms with van der Waals surface area (Å²) in [6, 6.07) is 17.9. The Morgan fingerprint density at radius 3 is 1.96 bits per heavy atom. The van der Waals surface area contributed by atoms with E-state index in [4.69, 9.17) is 0 Å². The zero-order valence-electron chi connectivity index (χ0n) is 15.2. The summed E-state index contributed by atoms with van der Waals surface area (Å²) in [7, 11) is 2.22. The first-order valence-corrected chi connectivity index (χ1v) is 9.59. The van der Waals surface area contributed by atoms with E-state index in [0.717, 1.165) is 19.3 Å². The highest BCUT2D eigenvalue weighted by atomic mass is 15.2. The molecule has 0 spiro atoms. The predicted octanol–water partition coefficient (Wildman–Crippen LogP) is 3.85. The van der Waals surface area contributed by atoms with Crippen molar-refractivity contribution in [3.63, 3.8) is 0 Å². The number of rotatable bonds is 3. The van der Waals surface area contributed by atoms with E-state index in [1.165, 1.54) is 60.6 Å². The van der Waals surface area contributed by atoms with Crippen LogP contribution in [0, 0.1) is 0 Å². The SMILES string of the molecule is CN1CCN(CCC=C2c3ccccc3CCc3ccccc32)CC1. The molecule has 0 N–H and O–H groups in total. The average Bonchev–Trinajstić information content (AvgIpc) is 2.81. The van der Waals surface area contributed by atoms with Crippen LogP contribution in [-0.4, -0.2) is 49.6 Å². The molecule has 25 heavy (non-hydrogen) atoms. The van der Waals surface area contributed by atoms with Crippen LogP contribution in [0.15, 0.2) is 54.6 Å². The first kappa shape index (κ1) is 16.6. The zero-order chi connectivity index (χ0) is 17.1. The maximum absolute atomic E-state index is 2.60. The molecule has 0 atom stereocenters. The van der Waals surface area contributed by atoms with Crippen molar-refractivity contribution in [3.8, 4) is 0 Å². The van der Waals surface area contributed by atoms with Gasteiger partial charge in [-0.05, 0) is 54.1 Å². The van der Waals surface area contributed by atoms with Gasteiger partial charge in [0.2, 0.25) is 0 Å². The van der Waals surface area contributed by atoms with Crippen molar-refractivity contribution in [2.45, 2.75) is 19.3 Å². The number of hydrogen-bond acceptors (Lipinski definition) is 2. The van der Waals surface area contributed by atoms with Gasteiger partial charge in [-0.25, -0.2) is 0 Å². The Morgan fingerprint density at radius 2 is 1.36 bits per heavy atom. The third-order valence-electron chi connectivity index (χ3n) is 5.67. The standard InChI is InChI=1S/C23H28N2/c1-24-15-17-25(18-16-24)14-6-11-23-21-9-4-2-7-19(21)12-13-20-8-3-5-10-22(20)23/h2-5,7-11H,6,12-18H2,1H3. The molecule has 4 rings (SSSR count). The average molecular weight is 332 g/mol. The van der Waals surface area contributed by atoms with E-state index in [0.29, 0.717) is 0 Å². The third-order valence-corrected chi connectivity index (χ3v) is 5.67. The van der Waals surface area contributed by atoms with Gasteiger partial charge < -0.3 is 9.80 Å². The van der Waals surface area contributed by atoms with Gasteiger partial charge >= 0.3 is 0 Å². The fraction of sp³-hybridized carbons (Fsp3) is 0.391.